The number of ether oxygens (including phenoxy) is 1. The van der Waals surface area contributed by atoms with Crippen LogP contribution in [0.4, 0.5) is 0 Å². The maximum atomic E-state index is 12.7. The maximum Gasteiger partial charge on any atom is 0.223 e. The van der Waals surface area contributed by atoms with Gasteiger partial charge in [-0.1, -0.05) is 30.3 Å². The van der Waals surface area contributed by atoms with Gasteiger partial charge in [0.15, 0.2) is 0 Å². The van der Waals surface area contributed by atoms with Gasteiger partial charge in [-0.05, 0) is 39.7 Å². The maximum absolute atomic E-state index is 12.7. The molecule has 138 valence electrons. The van der Waals surface area contributed by atoms with Crippen LogP contribution in [0.15, 0.2) is 30.3 Å². The number of hydrogen-bond acceptors (Lipinski definition) is 3. The van der Waals surface area contributed by atoms with Crippen molar-refractivity contribution < 1.29 is 14.3 Å². The smallest absolute Gasteiger partial charge is 0.223 e. The average molecular weight is 346 g/mol. The lowest BCUT2D eigenvalue weighted by Gasteiger charge is -2.44. The van der Waals surface area contributed by atoms with Crippen LogP contribution in [0.2, 0.25) is 0 Å². The van der Waals surface area contributed by atoms with Gasteiger partial charge in [0.05, 0.1) is 18.7 Å². The Morgan fingerprint density at radius 3 is 2.52 bits per heavy atom. The van der Waals surface area contributed by atoms with Crippen LogP contribution in [0.1, 0.15) is 58.6 Å². The molecule has 0 bridgehead atoms. The van der Waals surface area contributed by atoms with Crippen LogP contribution < -0.4 is 5.32 Å². The van der Waals surface area contributed by atoms with Crippen LogP contribution in [-0.2, 0) is 14.3 Å². The Morgan fingerprint density at radius 1 is 1.20 bits per heavy atom. The lowest BCUT2D eigenvalue weighted by Crippen LogP contribution is -2.53. The third kappa shape index (κ3) is 5.30. The molecule has 0 saturated carbocycles. The van der Waals surface area contributed by atoms with Gasteiger partial charge in [-0.15, -0.1) is 0 Å². The van der Waals surface area contributed by atoms with Crippen LogP contribution in [0.3, 0.4) is 0 Å². The van der Waals surface area contributed by atoms with E-state index >= 15 is 0 Å². The van der Waals surface area contributed by atoms with Crippen molar-refractivity contribution in [1.82, 2.24) is 10.2 Å². The largest absolute Gasteiger partial charge is 0.369 e. The van der Waals surface area contributed by atoms with E-state index in [-0.39, 0.29) is 36.0 Å². The molecule has 0 radical (unpaired) electrons. The molecule has 1 aromatic rings. The lowest BCUT2D eigenvalue weighted by atomic mass is 9.98. The van der Waals surface area contributed by atoms with Gasteiger partial charge in [0.25, 0.3) is 0 Å². The Kier molecular flexibility index (Phi) is 7.00. The molecule has 1 heterocycles. The van der Waals surface area contributed by atoms with Crippen molar-refractivity contribution in [3.8, 4) is 0 Å². The molecule has 1 aliphatic rings. The molecule has 1 saturated heterocycles. The van der Waals surface area contributed by atoms with Gasteiger partial charge in [0, 0.05) is 18.9 Å². The molecule has 0 spiro atoms. The molecule has 1 N–H and O–H groups in total. The van der Waals surface area contributed by atoms with Crippen molar-refractivity contribution >= 4 is 11.8 Å². The highest BCUT2D eigenvalue weighted by atomic mass is 16.5. The Labute approximate surface area is 150 Å². The van der Waals surface area contributed by atoms with Crippen molar-refractivity contribution in [3.05, 3.63) is 35.9 Å². The van der Waals surface area contributed by atoms with Crippen molar-refractivity contribution in [2.75, 3.05) is 6.61 Å². The second kappa shape index (κ2) is 8.99. The molecule has 1 aromatic carbocycles. The van der Waals surface area contributed by atoms with E-state index in [0.29, 0.717) is 25.9 Å². The molecule has 1 aliphatic heterocycles. The molecule has 3 atom stereocenters. The minimum Gasteiger partial charge on any atom is -0.369 e. The topological polar surface area (TPSA) is 58.6 Å². The summed E-state index contributed by atoms with van der Waals surface area (Å²) < 4.78 is 6.00. The van der Waals surface area contributed by atoms with E-state index in [1.54, 1.807) is 0 Å². The summed E-state index contributed by atoms with van der Waals surface area (Å²) in [5.41, 5.74) is 1.09. The van der Waals surface area contributed by atoms with Gasteiger partial charge in [-0.3, -0.25) is 9.59 Å². The number of rotatable bonds is 6. The van der Waals surface area contributed by atoms with Crippen LogP contribution in [0.5, 0.6) is 0 Å². The summed E-state index contributed by atoms with van der Waals surface area (Å²) in [5.74, 6) is 0.106. The SMILES string of the molecule is CC(C)NC(=O)CCCC(=O)N1[C@H](C)CO[C@H](c2ccccc2)[C@H]1C. The van der Waals surface area contributed by atoms with E-state index < -0.39 is 0 Å². The van der Waals surface area contributed by atoms with E-state index in [0.717, 1.165) is 5.56 Å². The fraction of sp³-hybridized carbons (Fsp3) is 0.600. The summed E-state index contributed by atoms with van der Waals surface area (Å²) in [4.78, 5) is 26.4. The van der Waals surface area contributed by atoms with Crippen LogP contribution in [-0.4, -0.2) is 41.4 Å². The average Bonchev–Trinajstić information content (AvgIpc) is 2.55. The normalized spacial score (nSPS) is 23.6. The summed E-state index contributed by atoms with van der Waals surface area (Å²) in [5, 5.41) is 2.86. The van der Waals surface area contributed by atoms with Crippen LogP contribution >= 0.6 is 0 Å². The van der Waals surface area contributed by atoms with Crippen molar-refractivity contribution in [2.24, 2.45) is 0 Å². The monoisotopic (exact) mass is 346 g/mol. The summed E-state index contributed by atoms with van der Waals surface area (Å²) in [6, 6.07) is 10.2. The summed E-state index contributed by atoms with van der Waals surface area (Å²) in [6.45, 7) is 8.45. The number of amides is 2. The first kappa shape index (κ1) is 19.4. The molecule has 5 heteroatoms. The van der Waals surface area contributed by atoms with Gasteiger partial charge in [-0.2, -0.15) is 0 Å². The quantitative estimate of drug-likeness (QED) is 0.861. The van der Waals surface area contributed by atoms with E-state index in [9.17, 15) is 9.59 Å². The first-order valence-electron chi connectivity index (χ1n) is 9.17. The Bertz CT molecular complexity index is 574. The minimum absolute atomic E-state index is 0.00744. The number of nitrogens with one attached hydrogen (secondary N) is 1. The zero-order valence-corrected chi connectivity index (χ0v) is 15.7. The lowest BCUT2D eigenvalue weighted by molar-refractivity contribution is -0.153. The first-order chi connectivity index (χ1) is 11.9. The van der Waals surface area contributed by atoms with E-state index in [1.807, 2.05) is 62.9 Å². The fourth-order valence-electron chi connectivity index (χ4n) is 3.42. The summed E-state index contributed by atoms with van der Waals surface area (Å²) in [7, 11) is 0. The Balaban J connectivity index is 1.94. The molecule has 25 heavy (non-hydrogen) atoms. The zero-order valence-electron chi connectivity index (χ0n) is 15.7. The molecule has 5 nitrogen and oxygen atoms in total. The van der Waals surface area contributed by atoms with Crippen molar-refractivity contribution in [2.45, 2.75) is 71.2 Å². The molecule has 0 unspecified atom stereocenters. The number of carbonyl (C=O) groups excluding carboxylic acids is 2. The predicted octanol–water partition coefficient (Wildman–Crippen LogP) is 3.06. The molecule has 0 aromatic heterocycles. The zero-order chi connectivity index (χ0) is 18.4. The standard InChI is InChI=1S/C20H30N2O3/c1-14(2)21-18(23)11-8-12-19(24)22-15(3)13-25-20(16(22)4)17-9-6-5-7-10-17/h5-7,9-10,14-16,20H,8,11-13H2,1-4H3,(H,21,23)/t15-,16-,20+/m1/s1. The van der Waals surface area contributed by atoms with E-state index in [2.05, 4.69) is 5.32 Å². The highest BCUT2D eigenvalue weighted by molar-refractivity contribution is 5.79. The second-order valence-corrected chi connectivity index (χ2v) is 7.13. The van der Waals surface area contributed by atoms with Crippen LogP contribution in [0.25, 0.3) is 0 Å². The first-order valence-corrected chi connectivity index (χ1v) is 9.17. The van der Waals surface area contributed by atoms with Crippen molar-refractivity contribution in [1.29, 1.82) is 0 Å². The van der Waals surface area contributed by atoms with Gasteiger partial charge in [-0.25, -0.2) is 0 Å². The van der Waals surface area contributed by atoms with Gasteiger partial charge in [0.2, 0.25) is 11.8 Å². The summed E-state index contributed by atoms with van der Waals surface area (Å²) in [6.07, 6.45) is 1.25. The molecule has 0 aliphatic carbocycles. The predicted molar refractivity (Wildman–Crippen MR) is 98.0 cm³/mol. The van der Waals surface area contributed by atoms with Crippen LogP contribution in [0, 0.1) is 0 Å². The number of morpholine rings is 1. The molecular weight excluding hydrogens is 316 g/mol. The van der Waals surface area contributed by atoms with E-state index in [1.165, 1.54) is 0 Å². The number of nitrogens with zero attached hydrogens (tertiary/aromatic N) is 1. The van der Waals surface area contributed by atoms with E-state index in [4.69, 9.17) is 4.74 Å². The number of benzene rings is 1. The molecule has 2 rings (SSSR count). The number of carbonyl (C=O) groups is 2. The third-order valence-electron chi connectivity index (χ3n) is 4.53. The molecule has 2 amide bonds. The Morgan fingerprint density at radius 2 is 1.88 bits per heavy atom. The minimum atomic E-state index is -0.106. The highest BCUT2D eigenvalue weighted by Gasteiger charge is 2.36. The fourth-order valence-corrected chi connectivity index (χ4v) is 3.42. The van der Waals surface area contributed by atoms with Gasteiger partial charge >= 0.3 is 0 Å². The number of hydrogen-bond donors (Lipinski definition) is 1. The Hall–Kier alpha value is -1.88. The summed E-state index contributed by atoms with van der Waals surface area (Å²) >= 11 is 0. The molecule has 1 fully saturated rings. The van der Waals surface area contributed by atoms with Gasteiger partial charge in [0.1, 0.15) is 6.10 Å². The van der Waals surface area contributed by atoms with Crippen molar-refractivity contribution in [3.63, 3.8) is 0 Å². The second-order valence-electron chi connectivity index (χ2n) is 7.13. The van der Waals surface area contributed by atoms with Gasteiger partial charge < -0.3 is 15.0 Å². The highest BCUT2D eigenvalue weighted by Crippen LogP contribution is 2.31. The molecular formula is C20H30N2O3. The third-order valence-corrected chi connectivity index (χ3v) is 4.53.